The molecular formula is C12H13NO3. The van der Waals surface area contributed by atoms with Crippen LogP contribution in [0.25, 0.3) is 0 Å². The molecule has 2 rings (SSSR count). The van der Waals surface area contributed by atoms with Crippen LogP contribution >= 0.6 is 0 Å². The van der Waals surface area contributed by atoms with Crippen LogP contribution in [-0.4, -0.2) is 25.3 Å². The number of benzene rings is 1. The first kappa shape index (κ1) is 10.7. The Hall–Kier alpha value is -1.84. The molecule has 0 aromatic heterocycles. The highest BCUT2D eigenvalue weighted by Gasteiger charge is 2.25. The number of fused-ring (bicyclic) bond motifs is 1. The van der Waals surface area contributed by atoms with Crippen LogP contribution < -0.4 is 10.1 Å². The molecule has 0 spiro atoms. The van der Waals surface area contributed by atoms with Gasteiger partial charge in [-0.05, 0) is 24.6 Å². The third-order valence-corrected chi connectivity index (χ3v) is 2.62. The van der Waals surface area contributed by atoms with E-state index in [1.165, 1.54) is 0 Å². The molecule has 1 aliphatic rings. The number of nitrogens with one attached hydrogen (secondary N) is 1. The second-order valence-electron chi connectivity index (χ2n) is 3.89. The summed E-state index contributed by atoms with van der Waals surface area (Å²) in [6.45, 7) is 1.94. The Kier molecular flexibility index (Phi) is 2.64. The van der Waals surface area contributed by atoms with Crippen LogP contribution in [0.5, 0.6) is 5.75 Å². The van der Waals surface area contributed by atoms with Crippen molar-refractivity contribution in [1.82, 2.24) is 5.32 Å². The number of hydrogen-bond acceptors (Lipinski definition) is 3. The summed E-state index contributed by atoms with van der Waals surface area (Å²) in [6, 6.07) is 3.33. The van der Waals surface area contributed by atoms with Crippen LogP contribution in [-0.2, 0) is 6.42 Å². The fraction of sp³-hybridized carbons (Fsp3) is 0.333. The Morgan fingerprint density at radius 2 is 2.31 bits per heavy atom. The van der Waals surface area contributed by atoms with E-state index in [4.69, 9.17) is 4.74 Å². The Balaban J connectivity index is 2.55. The van der Waals surface area contributed by atoms with Gasteiger partial charge in [-0.2, -0.15) is 0 Å². The molecule has 1 atom stereocenters. The van der Waals surface area contributed by atoms with Gasteiger partial charge in [0.25, 0.3) is 5.91 Å². The molecular weight excluding hydrogens is 206 g/mol. The number of rotatable bonds is 2. The van der Waals surface area contributed by atoms with Crippen LogP contribution in [0, 0.1) is 0 Å². The first-order valence-corrected chi connectivity index (χ1v) is 5.16. The molecule has 0 bridgehead atoms. The van der Waals surface area contributed by atoms with Gasteiger partial charge in [-0.25, -0.2) is 0 Å². The van der Waals surface area contributed by atoms with Gasteiger partial charge in [0.15, 0.2) is 0 Å². The van der Waals surface area contributed by atoms with Crippen molar-refractivity contribution in [3.05, 3.63) is 28.8 Å². The molecule has 4 heteroatoms. The van der Waals surface area contributed by atoms with Gasteiger partial charge in [0, 0.05) is 19.0 Å². The summed E-state index contributed by atoms with van der Waals surface area (Å²) in [5, 5.41) is 2.54. The first-order chi connectivity index (χ1) is 7.65. The molecule has 1 N–H and O–H groups in total. The second-order valence-corrected chi connectivity index (χ2v) is 3.89. The molecule has 0 aliphatic carbocycles. The SMILES string of the molecule is CNC(=O)c1cc(C=O)cc2c1OC(C)C2. The lowest BCUT2D eigenvalue weighted by Gasteiger charge is -2.08. The smallest absolute Gasteiger partial charge is 0.254 e. The van der Waals surface area contributed by atoms with Crippen molar-refractivity contribution in [2.45, 2.75) is 19.4 Å². The molecule has 0 radical (unpaired) electrons. The minimum Gasteiger partial charge on any atom is -0.489 e. The van der Waals surface area contributed by atoms with Gasteiger partial charge in [0.1, 0.15) is 18.1 Å². The standard InChI is InChI=1S/C12H13NO3/c1-7-3-9-4-8(6-14)5-10(11(9)16-7)12(15)13-2/h4-7H,3H2,1-2H3,(H,13,15). The normalized spacial score (nSPS) is 17.5. The number of hydrogen-bond donors (Lipinski definition) is 1. The van der Waals surface area contributed by atoms with Crippen molar-refractivity contribution < 1.29 is 14.3 Å². The summed E-state index contributed by atoms with van der Waals surface area (Å²) < 4.78 is 5.58. The van der Waals surface area contributed by atoms with Crippen LogP contribution in [0.1, 0.15) is 33.2 Å². The Morgan fingerprint density at radius 3 is 2.94 bits per heavy atom. The maximum Gasteiger partial charge on any atom is 0.254 e. The highest BCUT2D eigenvalue weighted by molar-refractivity contribution is 5.99. The molecule has 0 saturated carbocycles. The molecule has 1 unspecified atom stereocenters. The average Bonchev–Trinajstić information content (AvgIpc) is 2.66. The van der Waals surface area contributed by atoms with E-state index in [9.17, 15) is 9.59 Å². The lowest BCUT2D eigenvalue weighted by molar-refractivity contribution is 0.0958. The minimum absolute atomic E-state index is 0.0558. The van der Waals surface area contributed by atoms with Gasteiger partial charge in [0.2, 0.25) is 0 Å². The first-order valence-electron chi connectivity index (χ1n) is 5.16. The maximum atomic E-state index is 11.6. The van der Waals surface area contributed by atoms with Gasteiger partial charge in [-0.1, -0.05) is 0 Å². The lowest BCUT2D eigenvalue weighted by Crippen LogP contribution is -2.19. The largest absolute Gasteiger partial charge is 0.489 e. The summed E-state index contributed by atoms with van der Waals surface area (Å²) >= 11 is 0. The van der Waals surface area contributed by atoms with E-state index < -0.39 is 0 Å². The Morgan fingerprint density at radius 1 is 1.56 bits per heavy atom. The molecule has 1 aromatic rings. The number of carbonyl (C=O) groups excluding carboxylic acids is 2. The highest BCUT2D eigenvalue weighted by Crippen LogP contribution is 2.33. The van der Waals surface area contributed by atoms with E-state index in [-0.39, 0.29) is 12.0 Å². The third-order valence-electron chi connectivity index (χ3n) is 2.62. The van der Waals surface area contributed by atoms with E-state index >= 15 is 0 Å². The zero-order valence-electron chi connectivity index (χ0n) is 9.24. The van der Waals surface area contributed by atoms with Crippen molar-refractivity contribution in [3.8, 4) is 5.75 Å². The topological polar surface area (TPSA) is 55.4 Å². The molecule has 1 amide bonds. The predicted octanol–water partition coefficient (Wildman–Crippen LogP) is 1.18. The number of carbonyl (C=O) groups is 2. The molecule has 0 fully saturated rings. The summed E-state index contributed by atoms with van der Waals surface area (Å²) in [7, 11) is 1.56. The van der Waals surface area contributed by atoms with E-state index in [0.717, 1.165) is 18.3 Å². The number of ether oxygens (including phenoxy) is 1. The summed E-state index contributed by atoms with van der Waals surface area (Å²) in [5.41, 5.74) is 1.87. The second kappa shape index (κ2) is 3.96. The van der Waals surface area contributed by atoms with Crippen molar-refractivity contribution >= 4 is 12.2 Å². The van der Waals surface area contributed by atoms with Gasteiger partial charge in [-0.3, -0.25) is 9.59 Å². The number of aldehydes is 1. The van der Waals surface area contributed by atoms with Crippen molar-refractivity contribution in [2.75, 3.05) is 7.05 Å². The van der Waals surface area contributed by atoms with E-state index in [1.807, 2.05) is 6.92 Å². The zero-order valence-corrected chi connectivity index (χ0v) is 9.24. The molecule has 84 valence electrons. The zero-order chi connectivity index (χ0) is 11.7. The van der Waals surface area contributed by atoms with Crippen molar-refractivity contribution in [3.63, 3.8) is 0 Å². The maximum absolute atomic E-state index is 11.6. The Bertz CT molecular complexity index is 454. The fourth-order valence-electron chi connectivity index (χ4n) is 1.93. The third kappa shape index (κ3) is 1.66. The molecule has 1 heterocycles. The van der Waals surface area contributed by atoms with Gasteiger partial charge >= 0.3 is 0 Å². The fourth-order valence-corrected chi connectivity index (χ4v) is 1.93. The predicted molar refractivity (Wildman–Crippen MR) is 59.0 cm³/mol. The molecule has 1 aliphatic heterocycles. The summed E-state index contributed by atoms with van der Waals surface area (Å²) in [4.78, 5) is 22.4. The van der Waals surface area contributed by atoms with E-state index in [2.05, 4.69) is 5.32 Å². The summed E-state index contributed by atoms with van der Waals surface area (Å²) in [6.07, 6.45) is 1.54. The lowest BCUT2D eigenvalue weighted by atomic mass is 10.0. The van der Waals surface area contributed by atoms with Gasteiger partial charge < -0.3 is 10.1 Å². The molecule has 16 heavy (non-hydrogen) atoms. The Labute approximate surface area is 93.6 Å². The highest BCUT2D eigenvalue weighted by atomic mass is 16.5. The monoisotopic (exact) mass is 219 g/mol. The van der Waals surface area contributed by atoms with Gasteiger partial charge in [-0.15, -0.1) is 0 Å². The number of amides is 1. The van der Waals surface area contributed by atoms with Crippen LogP contribution in [0.2, 0.25) is 0 Å². The van der Waals surface area contributed by atoms with Crippen LogP contribution in [0.4, 0.5) is 0 Å². The summed E-state index contributed by atoms with van der Waals surface area (Å²) in [5.74, 6) is 0.381. The van der Waals surface area contributed by atoms with Crippen LogP contribution in [0.15, 0.2) is 12.1 Å². The van der Waals surface area contributed by atoms with E-state index in [1.54, 1.807) is 19.2 Å². The minimum atomic E-state index is -0.228. The van der Waals surface area contributed by atoms with Crippen molar-refractivity contribution in [1.29, 1.82) is 0 Å². The van der Waals surface area contributed by atoms with Crippen molar-refractivity contribution in [2.24, 2.45) is 0 Å². The van der Waals surface area contributed by atoms with Gasteiger partial charge in [0.05, 0.1) is 5.56 Å². The van der Waals surface area contributed by atoms with Crippen LogP contribution in [0.3, 0.4) is 0 Å². The average molecular weight is 219 g/mol. The molecule has 1 aromatic carbocycles. The quantitative estimate of drug-likeness (QED) is 0.760. The molecule has 0 saturated heterocycles. The molecule has 4 nitrogen and oxygen atoms in total. The van der Waals surface area contributed by atoms with E-state index in [0.29, 0.717) is 16.9 Å².